The van der Waals surface area contributed by atoms with Crippen LogP contribution in [0.2, 0.25) is 0 Å². The number of para-hydroxylation sites is 1. The molecule has 0 aliphatic carbocycles. The summed E-state index contributed by atoms with van der Waals surface area (Å²) < 4.78 is 13.1. The van der Waals surface area contributed by atoms with Crippen LogP contribution in [0, 0.1) is 0 Å². The molecule has 2 heterocycles. The van der Waals surface area contributed by atoms with Gasteiger partial charge in [-0.05, 0) is 55.3 Å². The van der Waals surface area contributed by atoms with Gasteiger partial charge in [0.05, 0.1) is 18.3 Å². The number of piperidine rings is 1. The lowest BCUT2D eigenvalue weighted by Crippen LogP contribution is -2.40. The Bertz CT molecular complexity index is 1060. The van der Waals surface area contributed by atoms with Crippen LogP contribution in [0.15, 0.2) is 73.3 Å². The maximum atomic E-state index is 12.2. The highest BCUT2D eigenvalue weighted by atomic mass is 16.5. The second kappa shape index (κ2) is 10.8. The number of aromatic nitrogens is 2. The Morgan fingerprint density at radius 1 is 1.18 bits per heavy atom. The Hall–Kier alpha value is -3.58. The molecule has 1 fully saturated rings. The molecule has 1 unspecified atom stereocenters. The van der Waals surface area contributed by atoms with Crippen LogP contribution in [0.4, 0.5) is 5.82 Å². The van der Waals surface area contributed by atoms with Gasteiger partial charge >= 0.3 is 0 Å². The van der Waals surface area contributed by atoms with E-state index in [1.165, 1.54) is 6.08 Å². The minimum Gasteiger partial charge on any atom is -0.457 e. The molecule has 2 aromatic carbocycles. The number of ether oxygens (including phenoxy) is 2. The number of anilines is 1. The molecule has 1 N–H and O–H groups in total. The Labute approximate surface area is 194 Å². The number of hydrogen-bond donors (Lipinski definition) is 1. The van der Waals surface area contributed by atoms with Crippen molar-refractivity contribution in [3.63, 3.8) is 0 Å². The number of methoxy groups -OCH3 is 1. The van der Waals surface area contributed by atoms with Gasteiger partial charge in [-0.3, -0.25) is 4.79 Å². The summed E-state index contributed by atoms with van der Waals surface area (Å²) >= 11 is 0. The fourth-order valence-electron chi connectivity index (χ4n) is 4.03. The molecule has 1 aliphatic rings. The zero-order valence-corrected chi connectivity index (χ0v) is 18.9. The van der Waals surface area contributed by atoms with Gasteiger partial charge in [0, 0.05) is 38.4 Å². The van der Waals surface area contributed by atoms with Crippen molar-refractivity contribution < 1.29 is 14.3 Å². The van der Waals surface area contributed by atoms with Crippen LogP contribution in [-0.2, 0) is 9.53 Å². The van der Waals surface area contributed by atoms with Gasteiger partial charge in [-0.15, -0.1) is 0 Å². The van der Waals surface area contributed by atoms with Gasteiger partial charge in [0.15, 0.2) is 0 Å². The molecule has 0 saturated carbocycles. The molecule has 0 radical (unpaired) electrons. The number of likely N-dealkylation sites (tertiary alicyclic amines) is 1. The Kier molecular flexibility index (Phi) is 7.42. The summed E-state index contributed by atoms with van der Waals surface area (Å²) in [6.45, 7) is 6.27. The third kappa shape index (κ3) is 5.62. The number of nitrogens with zero attached hydrogens (tertiary/aromatic N) is 3. The number of carbonyl (C=O) groups excluding carboxylic acids is 1. The molecule has 3 aromatic rings. The highest BCUT2D eigenvalue weighted by Crippen LogP contribution is 2.30. The topological polar surface area (TPSA) is 68.6 Å². The average Bonchev–Trinajstić information content (AvgIpc) is 3.29. The number of benzene rings is 2. The van der Waals surface area contributed by atoms with Gasteiger partial charge in [-0.2, -0.15) is 5.10 Å². The Morgan fingerprint density at radius 2 is 1.94 bits per heavy atom. The second-order valence-electron chi connectivity index (χ2n) is 8.00. The molecule has 1 saturated heterocycles. The van der Waals surface area contributed by atoms with Crippen molar-refractivity contribution in [3.8, 4) is 22.8 Å². The summed E-state index contributed by atoms with van der Waals surface area (Å²) in [6, 6.07) is 19.8. The minimum absolute atomic E-state index is 0.0324. The van der Waals surface area contributed by atoms with E-state index in [1.54, 1.807) is 7.11 Å². The quantitative estimate of drug-likeness (QED) is 0.379. The lowest BCUT2D eigenvalue weighted by molar-refractivity contribution is -0.127. The van der Waals surface area contributed by atoms with Crippen molar-refractivity contribution in [1.82, 2.24) is 14.7 Å². The first kappa shape index (κ1) is 22.6. The third-order valence-electron chi connectivity index (χ3n) is 5.71. The second-order valence-corrected chi connectivity index (χ2v) is 8.00. The maximum absolute atomic E-state index is 12.2. The molecular formula is C26H30N4O3. The number of hydrogen-bond acceptors (Lipinski definition) is 5. The van der Waals surface area contributed by atoms with E-state index in [0.717, 1.165) is 48.0 Å². The van der Waals surface area contributed by atoms with Gasteiger partial charge in [-0.25, -0.2) is 4.68 Å². The summed E-state index contributed by atoms with van der Waals surface area (Å²) in [6.07, 6.45) is 3.28. The zero-order valence-electron chi connectivity index (χ0n) is 18.9. The van der Waals surface area contributed by atoms with Gasteiger partial charge in [0.25, 0.3) is 0 Å². The summed E-state index contributed by atoms with van der Waals surface area (Å²) in [5, 5.41) is 8.36. The number of rotatable bonds is 9. The van der Waals surface area contributed by atoms with Crippen LogP contribution in [0.3, 0.4) is 0 Å². The van der Waals surface area contributed by atoms with Crippen molar-refractivity contribution >= 4 is 11.7 Å². The van der Waals surface area contributed by atoms with E-state index in [4.69, 9.17) is 14.6 Å². The average molecular weight is 447 g/mol. The Morgan fingerprint density at radius 3 is 2.67 bits per heavy atom. The molecule has 0 bridgehead atoms. The van der Waals surface area contributed by atoms with E-state index >= 15 is 0 Å². The largest absolute Gasteiger partial charge is 0.457 e. The fourth-order valence-corrected chi connectivity index (χ4v) is 4.03. The van der Waals surface area contributed by atoms with Crippen molar-refractivity contribution in [2.75, 3.05) is 38.7 Å². The molecule has 1 amide bonds. The predicted octanol–water partition coefficient (Wildman–Crippen LogP) is 4.75. The molecule has 4 rings (SSSR count). The molecular weight excluding hydrogens is 416 g/mol. The lowest BCUT2D eigenvalue weighted by atomic mass is 10.1. The monoisotopic (exact) mass is 446 g/mol. The van der Waals surface area contributed by atoms with Crippen molar-refractivity contribution in [2.24, 2.45) is 0 Å². The molecule has 33 heavy (non-hydrogen) atoms. The van der Waals surface area contributed by atoms with E-state index in [-0.39, 0.29) is 11.9 Å². The van der Waals surface area contributed by atoms with E-state index < -0.39 is 0 Å². The van der Waals surface area contributed by atoms with E-state index in [2.05, 4.69) is 18.0 Å². The van der Waals surface area contributed by atoms with Gasteiger partial charge in [0.1, 0.15) is 17.3 Å². The summed E-state index contributed by atoms with van der Waals surface area (Å²) in [7, 11) is 1.68. The molecule has 172 valence electrons. The number of amides is 1. The smallest absolute Gasteiger partial charge is 0.246 e. The maximum Gasteiger partial charge on any atom is 0.246 e. The van der Waals surface area contributed by atoms with Crippen LogP contribution < -0.4 is 10.1 Å². The van der Waals surface area contributed by atoms with E-state index in [9.17, 15) is 4.79 Å². The first-order valence-electron chi connectivity index (χ1n) is 11.2. The first-order chi connectivity index (χ1) is 16.2. The highest BCUT2D eigenvalue weighted by molar-refractivity contribution is 5.87. The molecule has 7 heteroatoms. The predicted molar refractivity (Wildman–Crippen MR) is 130 cm³/mol. The van der Waals surface area contributed by atoms with Gasteiger partial charge < -0.3 is 19.7 Å². The van der Waals surface area contributed by atoms with Gasteiger partial charge in [0.2, 0.25) is 5.91 Å². The standard InChI is InChI=1S/C26H30N4O3/c1-3-26(31)29-16-7-8-21(19-29)30-25(27-15-17-32-2)18-24(28-30)20-11-13-23(14-12-20)33-22-9-5-4-6-10-22/h3-6,9-14,18,21,27H,1,7-8,15-17,19H2,2H3. The van der Waals surface area contributed by atoms with Crippen molar-refractivity contribution in [2.45, 2.75) is 18.9 Å². The molecule has 1 atom stereocenters. The molecule has 7 nitrogen and oxygen atoms in total. The van der Waals surface area contributed by atoms with E-state index in [0.29, 0.717) is 19.7 Å². The summed E-state index contributed by atoms with van der Waals surface area (Å²) in [4.78, 5) is 14.0. The number of carbonyl (C=O) groups is 1. The SMILES string of the molecule is C=CC(=O)N1CCCC(n2nc(-c3ccc(Oc4ccccc4)cc3)cc2NCCOC)C1. The van der Waals surface area contributed by atoms with Crippen LogP contribution in [0.1, 0.15) is 18.9 Å². The highest BCUT2D eigenvalue weighted by Gasteiger charge is 2.26. The van der Waals surface area contributed by atoms with Crippen molar-refractivity contribution in [1.29, 1.82) is 0 Å². The van der Waals surface area contributed by atoms with E-state index in [1.807, 2.05) is 64.2 Å². The molecule has 1 aromatic heterocycles. The normalized spacial score (nSPS) is 15.8. The fraction of sp³-hybridized carbons (Fsp3) is 0.308. The van der Waals surface area contributed by atoms with Crippen LogP contribution >= 0.6 is 0 Å². The summed E-state index contributed by atoms with van der Waals surface area (Å²) in [5.41, 5.74) is 1.87. The first-order valence-corrected chi connectivity index (χ1v) is 11.2. The van der Waals surface area contributed by atoms with Gasteiger partial charge in [-0.1, -0.05) is 24.8 Å². The van der Waals surface area contributed by atoms with Crippen LogP contribution in [0.25, 0.3) is 11.3 Å². The lowest BCUT2D eigenvalue weighted by Gasteiger charge is -2.33. The number of nitrogens with one attached hydrogen (secondary N) is 1. The Balaban J connectivity index is 1.55. The molecule has 1 aliphatic heterocycles. The van der Waals surface area contributed by atoms with Crippen molar-refractivity contribution in [3.05, 3.63) is 73.3 Å². The molecule has 0 spiro atoms. The summed E-state index contributed by atoms with van der Waals surface area (Å²) in [5.74, 6) is 2.46. The third-order valence-corrected chi connectivity index (χ3v) is 5.71. The minimum atomic E-state index is -0.0324. The zero-order chi connectivity index (χ0) is 23.0. The van der Waals surface area contributed by atoms with Crippen LogP contribution in [-0.4, -0.2) is 53.9 Å². The van der Waals surface area contributed by atoms with Crippen LogP contribution in [0.5, 0.6) is 11.5 Å².